The number of nitrogens with zero attached hydrogens (tertiary/aromatic N) is 3. The van der Waals surface area contributed by atoms with Crippen LogP contribution in [0.1, 0.15) is 18.1 Å². The van der Waals surface area contributed by atoms with Gasteiger partial charge in [-0.25, -0.2) is 9.97 Å². The predicted molar refractivity (Wildman–Crippen MR) is 74.9 cm³/mol. The van der Waals surface area contributed by atoms with Crippen LogP contribution in [-0.4, -0.2) is 16.5 Å². The third-order valence-electron chi connectivity index (χ3n) is 2.81. The van der Waals surface area contributed by atoms with E-state index < -0.39 is 0 Å². The molecule has 94 valence electrons. The van der Waals surface area contributed by atoms with E-state index in [-0.39, 0.29) is 0 Å². The van der Waals surface area contributed by atoms with Crippen molar-refractivity contribution < 1.29 is 0 Å². The standard InChI is InChI=1S/C14H16ClN3/c1-3-18(10-12-7-5-4-6-8-12)13-11(2)9-16-14(15)17-13/h4-9H,3,10H2,1-2H3. The maximum atomic E-state index is 5.87. The molecule has 2 aromatic rings. The molecule has 0 saturated heterocycles. The highest BCUT2D eigenvalue weighted by Crippen LogP contribution is 2.20. The Morgan fingerprint density at radius 3 is 2.61 bits per heavy atom. The van der Waals surface area contributed by atoms with Gasteiger partial charge in [0.1, 0.15) is 5.82 Å². The maximum Gasteiger partial charge on any atom is 0.224 e. The van der Waals surface area contributed by atoms with Crippen molar-refractivity contribution in [3.63, 3.8) is 0 Å². The van der Waals surface area contributed by atoms with Crippen LogP contribution < -0.4 is 4.90 Å². The minimum absolute atomic E-state index is 0.294. The average Bonchev–Trinajstić information content (AvgIpc) is 2.40. The third kappa shape index (κ3) is 2.99. The lowest BCUT2D eigenvalue weighted by Gasteiger charge is -2.23. The lowest BCUT2D eigenvalue weighted by molar-refractivity contribution is 0.804. The first-order chi connectivity index (χ1) is 8.70. The van der Waals surface area contributed by atoms with Crippen molar-refractivity contribution in [1.82, 2.24) is 9.97 Å². The molecule has 0 aliphatic carbocycles. The molecule has 0 atom stereocenters. The van der Waals surface area contributed by atoms with Gasteiger partial charge in [-0.05, 0) is 31.0 Å². The van der Waals surface area contributed by atoms with Crippen molar-refractivity contribution in [3.05, 3.63) is 52.9 Å². The summed E-state index contributed by atoms with van der Waals surface area (Å²) in [5.74, 6) is 0.904. The fourth-order valence-electron chi connectivity index (χ4n) is 1.87. The van der Waals surface area contributed by atoms with Gasteiger partial charge in [-0.1, -0.05) is 30.3 Å². The van der Waals surface area contributed by atoms with Crippen LogP contribution in [-0.2, 0) is 6.54 Å². The third-order valence-corrected chi connectivity index (χ3v) is 3.00. The van der Waals surface area contributed by atoms with Crippen molar-refractivity contribution in [2.75, 3.05) is 11.4 Å². The normalized spacial score (nSPS) is 10.4. The Hall–Kier alpha value is -1.61. The Morgan fingerprint density at radius 2 is 1.94 bits per heavy atom. The Labute approximate surface area is 112 Å². The number of hydrogen-bond acceptors (Lipinski definition) is 3. The van der Waals surface area contributed by atoms with Crippen molar-refractivity contribution in [2.24, 2.45) is 0 Å². The number of hydrogen-bond donors (Lipinski definition) is 0. The van der Waals surface area contributed by atoms with E-state index >= 15 is 0 Å². The highest BCUT2D eigenvalue weighted by Gasteiger charge is 2.10. The number of rotatable bonds is 4. The van der Waals surface area contributed by atoms with E-state index in [2.05, 4.69) is 33.9 Å². The van der Waals surface area contributed by atoms with Gasteiger partial charge in [-0.15, -0.1) is 0 Å². The Balaban J connectivity index is 2.26. The quantitative estimate of drug-likeness (QED) is 0.790. The van der Waals surface area contributed by atoms with Gasteiger partial charge in [0, 0.05) is 24.8 Å². The zero-order valence-electron chi connectivity index (χ0n) is 10.6. The molecule has 0 bridgehead atoms. The maximum absolute atomic E-state index is 5.87. The van der Waals surface area contributed by atoms with Gasteiger partial charge in [0.25, 0.3) is 0 Å². The molecule has 0 N–H and O–H groups in total. The summed E-state index contributed by atoms with van der Waals surface area (Å²) in [5, 5.41) is 0.294. The Bertz CT molecular complexity index is 514. The summed E-state index contributed by atoms with van der Waals surface area (Å²) >= 11 is 5.87. The van der Waals surface area contributed by atoms with Gasteiger partial charge < -0.3 is 4.90 Å². The molecule has 18 heavy (non-hydrogen) atoms. The van der Waals surface area contributed by atoms with Crippen LogP contribution in [0.25, 0.3) is 0 Å². The molecule has 0 saturated carbocycles. The summed E-state index contributed by atoms with van der Waals surface area (Å²) in [6, 6.07) is 10.3. The topological polar surface area (TPSA) is 29.0 Å². The SMILES string of the molecule is CCN(Cc1ccccc1)c1nc(Cl)ncc1C. The van der Waals surface area contributed by atoms with Crippen LogP contribution in [0.3, 0.4) is 0 Å². The van der Waals surface area contributed by atoms with Crippen molar-refractivity contribution in [1.29, 1.82) is 0 Å². The summed E-state index contributed by atoms with van der Waals surface area (Å²) in [7, 11) is 0. The Kier molecular flexibility index (Phi) is 4.15. The molecule has 0 unspecified atom stereocenters. The molecule has 3 nitrogen and oxygen atoms in total. The lowest BCUT2D eigenvalue weighted by atomic mass is 10.2. The van der Waals surface area contributed by atoms with Crippen molar-refractivity contribution >= 4 is 17.4 Å². The second-order valence-electron chi connectivity index (χ2n) is 4.15. The highest BCUT2D eigenvalue weighted by atomic mass is 35.5. The summed E-state index contributed by atoms with van der Waals surface area (Å²) in [4.78, 5) is 10.5. The second-order valence-corrected chi connectivity index (χ2v) is 4.48. The number of halogens is 1. The number of anilines is 1. The van der Waals surface area contributed by atoms with Gasteiger partial charge in [0.15, 0.2) is 0 Å². The van der Waals surface area contributed by atoms with Crippen molar-refractivity contribution in [3.8, 4) is 0 Å². The summed E-state index contributed by atoms with van der Waals surface area (Å²) < 4.78 is 0. The largest absolute Gasteiger partial charge is 0.352 e. The van der Waals surface area contributed by atoms with E-state index in [1.165, 1.54) is 5.56 Å². The molecule has 0 fully saturated rings. The zero-order valence-corrected chi connectivity index (χ0v) is 11.4. The fourth-order valence-corrected chi connectivity index (χ4v) is 2.00. The van der Waals surface area contributed by atoms with Gasteiger partial charge in [0.05, 0.1) is 0 Å². The minimum atomic E-state index is 0.294. The number of benzene rings is 1. The molecule has 0 aliphatic rings. The van der Waals surface area contributed by atoms with Crippen LogP contribution in [0.4, 0.5) is 5.82 Å². The molecule has 1 aromatic carbocycles. The van der Waals surface area contributed by atoms with Gasteiger partial charge >= 0.3 is 0 Å². The molecular weight excluding hydrogens is 246 g/mol. The molecule has 0 amide bonds. The molecule has 0 aliphatic heterocycles. The van der Waals surface area contributed by atoms with Crippen LogP contribution in [0, 0.1) is 6.92 Å². The second kappa shape index (κ2) is 5.83. The molecule has 4 heteroatoms. The molecular formula is C14H16ClN3. The number of aryl methyl sites for hydroxylation is 1. The molecule has 1 heterocycles. The average molecular weight is 262 g/mol. The first-order valence-corrected chi connectivity index (χ1v) is 6.36. The Morgan fingerprint density at radius 1 is 1.22 bits per heavy atom. The number of aromatic nitrogens is 2. The fraction of sp³-hybridized carbons (Fsp3) is 0.286. The summed E-state index contributed by atoms with van der Waals surface area (Å²) in [5.41, 5.74) is 2.30. The van der Waals surface area contributed by atoms with E-state index in [0.717, 1.165) is 24.5 Å². The smallest absolute Gasteiger partial charge is 0.224 e. The van der Waals surface area contributed by atoms with Gasteiger partial charge in [-0.2, -0.15) is 0 Å². The van der Waals surface area contributed by atoms with E-state index in [1.54, 1.807) is 6.20 Å². The van der Waals surface area contributed by atoms with Crippen LogP contribution in [0.5, 0.6) is 0 Å². The lowest BCUT2D eigenvalue weighted by Crippen LogP contribution is -2.24. The predicted octanol–water partition coefficient (Wildman–Crippen LogP) is 3.46. The molecule has 1 aromatic heterocycles. The van der Waals surface area contributed by atoms with Crippen LogP contribution in [0.15, 0.2) is 36.5 Å². The zero-order chi connectivity index (χ0) is 13.0. The minimum Gasteiger partial charge on any atom is -0.352 e. The first-order valence-electron chi connectivity index (χ1n) is 5.98. The molecule has 2 rings (SSSR count). The van der Waals surface area contributed by atoms with Gasteiger partial charge in [-0.3, -0.25) is 0 Å². The van der Waals surface area contributed by atoms with Crippen molar-refractivity contribution in [2.45, 2.75) is 20.4 Å². The highest BCUT2D eigenvalue weighted by molar-refractivity contribution is 6.28. The monoisotopic (exact) mass is 261 g/mol. The van der Waals surface area contributed by atoms with Crippen LogP contribution >= 0.6 is 11.6 Å². The molecule has 0 spiro atoms. The summed E-state index contributed by atoms with van der Waals surface area (Å²) in [6.07, 6.45) is 1.76. The first kappa shape index (κ1) is 12.8. The van der Waals surface area contributed by atoms with E-state index in [0.29, 0.717) is 5.28 Å². The van der Waals surface area contributed by atoms with E-state index in [9.17, 15) is 0 Å². The molecule has 0 radical (unpaired) electrons. The van der Waals surface area contributed by atoms with E-state index in [1.807, 2.05) is 25.1 Å². The van der Waals surface area contributed by atoms with Crippen LogP contribution in [0.2, 0.25) is 5.28 Å². The van der Waals surface area contributed by atoms with E-state index in [4.69, 9.17) is 11.6 Å². The van der Waals surface area contributed by atoms with Gasteiger partial charge in [0.2, 0.25) is 5.28 Å². The summed E-state index contributed by atoms with van der Waals surface area (Å²) in [6.45, 7) is 5.81.